The molecule has 0 atom stereocenters. The number of benzene rings is 2. The van der Waals surface area contributed by atoms with Gasteiger partial charge < -0.3 is 4.42 Å². The largest absolute Gasteiger partial charge is 0.443 e. The third-order valence-corrected chi connectivity index (χ3v) is 3.94. The van der Waals surface area contributed by atoms with Gasteiger partial charge in [0.2, 0.25) is 0 Å². The van der Waals surface area contributed by atoms with Crippen LogP contribution in [-0.4, -0.2) is 21.0 Å². The lowest BCUT2D eigenvalue weighted by Crippen LogP contribution is -2.14. The molecule has 0 aliphatic rings. The molecule has 0 radical (unpaired) electrons. The Labute approximate surface area is 136 Å². The molecule has 0 aliphatic carbocycles. The number of carbonyl (C=O) groups excluding carboxylic acids is 1. The first kappa shape index (κ1) is 14.3. The summed E-state index contributed by atoms with van der Waals surface area (Å²) in [6.07, 6.45) is 1.82. The molecule has 24 heavy (non-hydrogen) atoms. The Hall–Kier alpha value is -3.28. The highest BCUT2D eigenvalue weighted by molar-refractivity contribution is 5.90. The van der Waals surface area contributed by atoms with E-state index in [-0.39, 0.29) is 24.2 Å². The monoisotopic (exact) mass is 319 g/mol. The normalized spacial score (nSPS) is 11.2. The smallest absolute Gasteiger partial charge is 0.272 e. The molecule has 0 unspecified atom stereocenters. The number of oxazole rings is 1. The summed E-state index contributed by atoms with van der Waals surface area (Å²) in [6.45, 7) is 0. The molecular formula is C18H13N3O3. The van der Waals surface area contributed by atoms with Crippen LogP contribution in [0.1, 0.15) is 11.3 Å². The first-order valence-corrected chi connectivity index (χ1v) is 7.51. The number of nitrogens with zero attached hydrogens (tertiary/aromatic N) is 2. The van der Waals surface area contributed by atoms with E-state index >= 15 is 0 Å². The number of H-pyrrole nitrogens is 1. The van der Waals surface area contributed by atoms with E-state index in [0.29, 0.717) is 22.0 Å². The van der Waals surface area contributed by atoms with Crippen LogP contribution in [0.15, 0.2) is 58.1 Å². The van der Waals surface area contributed by atoms with Crippen molar-refractivity contribution < 1.29 is 9.21 Å². The van der Waals surface area contributed by atoms with E-state index in [4.69, 9.17) is 4.42 Å². The van der Waals surface area contributed by atoms with E-state index in [2.05, 4.69) is 15.2 Å². The van der Waals surface area contributed by atoms with Crippen molar-refractivity contribution in [3.63, 3.8) is 0 Å². The highest BCUT2D eigenvalue weighted by Crippen LogP contribution is 2.17. The third-order valence-electron chi connectivity index (χ3n) is 3.94. The minimum atomic E-state index is -0.252. The molecule has 0 saturated heterocycles. The van der Waals surface area contributed by atoms with Crippen LogP contribution in [0.4, 0.5) is 0 Å². The maximum atomic E-state index is 12.4. The van der Waals surface area contributed by atoms with Gasteiger partial charge in [0.1, 0.15) is 11.3 Å². The van der Waals surface area contributed by atoms with Gasteiger partial charge in [-0.3, -0.25) is 9.59 Å². The Bertz CT molecular complexity index is 1110. The second-order valence-corrected chi connectivity index (χ2v) is 5.59. The Kier molecular flexibility index (Phi) is 3.42. The molecular weight excluding hydrogens is 306 g/mol. The molecule has 6 heteroatoms. The third kappa shape index (κ3) is 2.58. The zero-order chi connectivity index (χ0) is 16.5. The van der Waals surface area contributed by atoms with Crippen LogP contribution in [0.5, 0.6) is 0 Å². The van der Waals surface area contributed by atoms with Gasteiger partial charge in [-0.15, -0.1) is 0 Å². The van der Waals surface area contributed by atoms with Crippen LogP contribution in [0.2, 0.25) is 0 Å². The molecule has 0 bridgehead atoms. The zero-order valence-electron chi connectivity index (χ0n) is 12.7. The summed E-state index contributed by atoms with van der Waals surface area (Å²) in [7, 11) is 0. The van der Waals surface area contributed by atoms with Crippen molar-refractivity contribution in [2.45, 2.75) is 12.8 Å². The first-order chi connectivity index (χ1) is 11.7. The fourth-order valence-electron chi connectivity index (χ4n) is 2.80. The average molecular weight is 319 g/mol. The van der Waals surface area contributed by atoms with E-state index in [9.17, 15) is 9.59 Å². The molecule has 0 fully saturated rings. The van der Waals surface area contributed by atoms with Crippen molar-refractivity contribution in [1.82, 2.24) is 15.2 Å². The van der Waals surface area contributed by atoms with Crippen LogP contribution in [-0.2, 0) is 17.6 Å². The number of fused-ring (bicyclic) bond motifs is 2. The predicted molar refractivity (Wildman–Crippen MR) is 88.8 cm³/mol. The number of rotatable bonds is 4. The van der Waals surface area contributed by atoms with Crippen LogP contribution in [0.25, 0.3) is 21.9 Å². The highest BCUT2D eigenvalue weighted by Gasteiger charge is 2.12. The Morgan fingerprint density at radius 1 is 1.08 bits per heavy atom. The van der Waals surface area contributed by atoms with Crippen molar-refractivity contribution >= 4 is 27.7 Å². The van der Waals surface area contributed by atoms with E-state index < -0.39 is 0 Å². The second-order valence-electron chi connectivity index (χ2n) is 5.59. The van der Waals surface area contributed by atoms with E-state index in [0.717, 1.165) is 11.1 Å². The number of hydrogen-bond acceptors (Lipinski definition) is 5. The fraction of sp³-hybridized carbons (Fsp3) is 0.111. The standard InChI is InChI=1S/C18H13N3O3/c22-12(7-11-5-6-17-16(8-11)19-10-24-17)9-15-13-3-1-2-4-14(13)18(23)21-20-15/h1-6,8,10H,7,9H2,(H,21,23). The van der Waals surface area contributed by atoms with Crippen molar-refractivity contribution in [2.75, 3.05) is 0 Å². The van der Waals surface area contributed by atoms with Gasteiger partial charge in [0.25, 0.3) is 5.56 Å². The lowest BCUT2D eigenvalue weighted by molar-refractivity contribution is -0.117. The second kappa shape index (κ2) is 5.73. The molecule has 4 aromatic rings. The minimum absolute atomic E-state index is 0.0162. The summed E-state index contributed by atoms with van der Waals surface area (Å²) in [4.78, 5) is 28.3. The van der Waals surface area contributed by atoms with E-state index in [1.165, 1.54) is 6.39 Å². The summed E-state index contributed by atoms with van der Waals surface area (Å²) in [5.41, 5.74) is 2.62. The topological polar surface area (TPSA) is 88.8 Å². The van der Waals surface area contributed by atoms with Crippen molar-refractivity contribution in [3.05, 3.63) is 70.5 Å². The molecule has 0 aliphatic heterocycles. The number of aromatic nitrogens is 3. The average Bonchev–Trinajstić information content (AvgIpc) is 3.05. The molecule has 6 nitrogen and oxygen atoms in total. The van der Waals surface area contributed by atoms with Gasteiger partial charge in [0, 0.05) is 11.8 Å². The minimum Gasteiger partial charge on any atom is -0.443 e. The van der Waals surface area contributed by atoms with Gasteiger partial charge in [0.05, 0.1) is 17.5 Å². The van der Waals surface area contributed by atoms with Gasteiger partial charge >= 0.3 is 0 Å². The van der Waals surface area contributed by atoms with Crippen molar-refractivity contribution in [2.24, 2.45) is 0 Å². The Balaban J connectivity index is 1.60. The van der Waals surface area contributed by atoms with Gasteiger partial charge in [-0.1, -0.05) is 24.3 Å². The molecule has 0 saturated carbocycles. The Morgan fingerprint density at radius 2 is 1.92 bits per heavy atom. The first-order valence-electron chi connectivity index (χ1n) is 7.51. The summed E-state index contributed by atoms with van der Waals surface area (Å²) in [6, 6.07) is 12.6. The summed E-state index contributed by atoms with van der Waals surface area (Å²) < 4.78 is 5.19. The number of aromatic amines is 1. The lowest BCUT2D eigenvalue weighted by Gasteiger charge is -2.05. The molecule has 2 aromatic carbocycles. The van der Waals surface area contributed by atoms with Gasteiger partial charge in [-0.2, -0.15) is 5.10 Å². The number of carbonyl (C=O) groups is 1. The lowest BCUT2D eigenvalue weighted by atomic mass is 10.0. The van der Waals surface area contributed by atoms with E-state index in [1.807, 2.05) is 24.3 Å². The van der Waals surface area contributed by atoms with E-state index in [1.54, 1.807) is 18.2 Å². The summed E-state index contributed by atoms with van der Waals surface area (Å²) in [5, 5.41) is 7.75. The molecule has 2 heterocycles. The Morgan fingerprint density at radius 3 is 2.79 bits per heavy atom. The maximum Gasteiger partial charge on any atom is 0.272 e. The number of hydrogen-bond donors (Lipinski definition) is 1. The SMILES string of the molecule is O=C(Cc1ccc2ocnc2c1)Cc1n[nH]c(=O)c2ccccc12. The van der Waals surface area contributed by atoms with Gasteiger partial charge in [-0.05, 0) is 23.8 Å². The van der Waals surface area contributed by atoms with Gasteiger partial charge in [0.15, 0.2) is 12.0 Å². The van der Waals surface area contributed by atoms with Crippen LogP contribution < -0.4 is 5.56 Å². The van der Waals surface area contributed by atoms with Crippen LogP contribution >= 0.6 is 0 Å². The summed E-state index contributed by atoms with van der Waals surface area (Å²) >= 11 is 0. The molecule has 4 rings (SSSR count). The van der Waals surface area contributed by atoms with Crippen molar-refractivity contribution in [1.29, 1.82) is 0 Å². The summed E-state index contributed by atoms with van der Waals surface area (Å²) in [5.74, 6) is 0.0162. The van der Waals surface area contributed by atoms with Crippen LogP contribution in [0.3, 0.4) is 0 Å². The molecule has 1 N–H and O–H groups in total. The molecule has 2 aromatic heterocycles. The zero-order valence-corrected chi connectivity index (χ0v) is 12.7. The fourth-order valence-corrected chi connectivity index (χ4v) is 2.80. The molecule has 0 amide bonds. The van der Waals surface area contributed by atoms with Crippen molar-refractivity contribution in [3.8, 4) is 0 Å². The predicted octanol–water partition coefficient (Wildman–Crippen LogP) is 2.42. The number of nitrogens with one attached hydrogen (secondary N) is 1. The highest BCUT2D eigenvalue weighted by atomic mass is 16.3. The number of Topliss-reactive ketones (excluding diaryl/α,β-unsaturated/α-hetero) is 1. The maximum absolute atomic E-state index is 12.4. The van der Waals surface area contributed by atoms with Crippen LogP contribution in [0, 0.1) is 0 Å². The quantitative estimate of drug-likeness (QED) is 0.624. The molecule has 118 valence electrons. The van der Waals surface area contributed by atoms with Gasteiger partial charge in [-0.25, -0.2) is 10.1 Å². The molecule has 0 spiro atoms. The number of ketones is 1.